The van der Waals surface area contributed by atoms with Crippen LogP contribution in [0.3, 0.4) is 0 Å². The normalized spacial score (nSPS) is 29.5. The number of methoxy groups -OCH3 is 1. The zero-order chi connectivity index (χ0) is 12.3. The second-order valence-electron chi connectivity index (χ2n) is 4.97. The van der Waals surface area contributed by atoms with Gasteiger partial charge in [0, 0.05) is 32.5 Å². The highest BCUT2D eigenvalue weighted by Crippen LogP contribution is 2.32. The molecule has 1 aliphatic carbocycles. The van der Waals surface area contributed by atoms with E-state index in [1.807, 2.05) is 12.4 Å². The van der Waals surface area contributed by atoms with Crippen molar-refractivity contribution < 1.29 is 9.84 Å². The summed E-state index contributed by atoms with van der Waals surface area (Å²) in [5.41, 5.74) is -0.590. The maximum Gasteiger partial charge on any atom is 0.111 e. The van der Waals surface area contributed by atoms with Gasteiger partial charge in [-0.3, -0.25) is 0 Å². The predicted octanol–water partition coefficient (Wildman–Crippen LogP) is 1.77. The van der Waals surface area contributed by atoms with Crippen molar-refractivity contribution in [1.29, 1.82) is 0 Å². The molecule has 0 atom stereocenters. The minimum absolute atomic E-state index is 0.321. The molecule has 0 bridgehead atoms. The Hall–Kier alpha value is -0.870. The van der Waals surface area contributed by atoms with Gasteiger partial charge in [0.2, 0.25) is 0 Å². The van der Waals surface area contributed by atoms with Crippen LogP contribution < -0.4 is 0 Å². The van der Waals surface area contributed by atoms with E-state index in [1.54, 1.807) is 7.11 Å². The molecule has 0 radical (unpaired) electrons. The van der Waals surface area contributed by atoms with E-state index in [4.69, 9.17) is 4.74 Å². The standard InChI is InChI=1S/C13H22N2O2/c1-3-15-9-8-14-12(15)10-13(16)6-4-11(17-2)5-7-13/h8-9,11,16H,3-7,10H2,1-2H3. The predicted molar refractivity (Wildman–Crippen MR) is 65.8 cm³/mol. The number of hydrogen-bond donors (Lipinski definition) is 1. The van der Waals surface area contributed by atoms with Gasteiger partial charge < -0.3 is 14.4 Å². The third kappa shape index (κ3) is 2.87. The fourth-order valence-electron chi connectivity index (χ4n) is 2.63. The van der Waals surface area contributed by atoms with Crippen molar-refractivity contribution >= 4 is 0 Å². The highest BCUT2D eigenvalue weighted by molar-refractivity contribution is 5.00. The second-order valence-corrected chi connectivity index (χ2v) is 4.97. The van der Waals surface area contributed by atoms with Gasteiger partial charge >= 0.3 is 0 Å². The van der Waals surface area contributed by atoms with E-state index < -0.39 is 5.60 Å². The fraction of sp³-hybridized carbons (Fsp3) is 0.769. The summed E-state index contributed by atoms with van der Waals surface area (Å²) >= 11 is 0. The molecule has 0 amide bonds. The van der Waals surface area contributed by atoms with Gasteiger partial charge in [-0.2, -0.15) is 0 Å². The summed E-state index contributed by atoms with van der Waals surface area (Å²) in [7, 11) is 1.75. The molecule has 1 aromatic rings. The number of ether oxygens (including phenoxy) is 1. The summed E-state index contributed by atoms with van der Waals surface area (Å²) in [4.78, 5) is 4.34. The molecule has 0 aromatic carbocycles. The number of aliphatic hydroxyl groups is 1. The largest absolute Gasteiger partial charge is 0.389 e. The number of aryl methyl sites for hydroxylation is 1. The summed E-state index contributed by atoms with van der Waals surface area (Å²) in [6.45, 7) is 3.00. The van der Waals surface area contributed by atoms with Crippen LogP contribution in [0, 0.1) is 0 Å². The van der Waals surface area contributed by atoms with Crippen molar-refractivity contribution in [3.63, 3.8) is 0 Å². The lowest BCUT2D eigenvalue weighted by Gasteiger charge is -2.35. The molecule has 17 heavy (non-hydrogen) atoms. The number of imidazole rings is 1. The molecule has 0 spiro atoms. The van der Waals surface area contributed by atoms with Gasteiger partial charge in [0.05, 0.1) is 11.7 Å². The minimum atomic E-state index is -0.590. The van der Waals surface area contributed by atoms with Crippen molar-refractivity contribution in [2.45, 2.75) is 57.3 Å². The third-order valence-electron chi connectivity index (χ3n) is 3.83. The second kappa shape index (κ2) is 5.19. The lowest BCUT2D eigenvalue weighted by atomic mass is 9.81. The van der Waals surface area contributed by atoms with Crippen LogP contribution in [-0.2, 0) is 17.7 Å². The highest BCUT2D eigenvalue weighted by Gasteiger charge is 2.34. The van der Waals surface area contributed by atoms with Crippen LogP contribution in [0.2, 0.25) is 0 Å². The van der Waals surface area contributed by atoms with Gasteiger partial charge in [0.25, 0.3) is 0 Å². The van der Waals surface area contributed by atoms with E-state index in [-0.39, 0.29) is 0 Å². The quantitative estimate of drug-likeness (QED) is 0.869. The van der Waals surface area contributed by atoms with E-state index >= 15 is 0 Å². The Bertz CT molecular complexity index is 354. The molecule has 96 valence electrons. The SMILES string of the molecule is CCn1ccnc1CC1(O)CCC(OC)CC1. The summed E-state index contributed by atoms with van der Waals surface area (Å²) in [5, 5.41) is 10.6. The number of rotatable bonds is 4. The number of nitrogens with zero attached hydrogens (tertiary/aromatic N) is 2. The molecule has 1 fully saturated rings. The smallest absolute Gasteiger partial charge is 0.111 e. The van der Waals surface area contributed by atoms with Crippen molar-refractivity contribution in [3.05, 3.63) is 18.2 Å². The van der Waals surface area contributed by atoms with Crippen molar-refractivity contribution in [1.82, 2.24) is 9.55 Å². The summed E-state index contributed by atoms with van der Waals surface area (Å²) in [5.74, 6) is 0.992. The minimum Gasteiger partial charge on any atom is -0.389 e. The van der Waals surface area contributed by atoms with E-state index in [0.717, 1.165) is 38.1 Å². The Morgan fingerprint density at radius 1 is 1.53 bits per heavy atom. The first-order valence-corrected chi connectivity index (χ1v) is 6.42. The molecular formula is C13H22N2O2. The van der Waals surface area contributed by atoms with E-state index in [1.165, 1.54) is 0 Å². The molecule has 1 aliphatic rings. The van der Waals surface area contributed by atoms with Crippen molar-refractivity contribution in [3.8, 4) is 0 Å². The molecule has 0 aliphatic heterocycles. The van der Waals surface area contributed by atoms with Gasteiger partial charge in [-0.05, 0) is 32.6 Å². The van der Waals surface area contributed by atoms with Crippen LogP contribution >= 0.6 is 0 Å². The molecule has 1 N–H and O–H groups in total. The first-order valence-electron chi connectivity index (χ1n) is 6.42. The summed E-state index contributed by atoms with van der Waals surface area (Å²) < 4.78 is 7.43. The van der Waals surface area contributed by atoms with Crippen LogP contribution in [0.5, 0.6) is 0 Å². The lowest BCUT2D eigenvalue weighted by molar-refractivity contribution is -0.0441. The van der Waals surface area contributed by atoms with E-state index in [9.17, 15) is 5.11 Å². The van der Waals surface area contributed by atoms with Crippen LogP contribution in [0.15, 0.2) is 12.4 Å². The Balaban J connectivity index is 1.99. The molecule has 0 unspecified atom stereocenters. The molecule has 1 saturated carbocycles. The Morgan fingerprint density at radius 2 is 2.24 bits per heavy atom. The average molecular weight is 238 g/mol. The molecule has 1 heterocycles. The maximum atomic E-state index is 10.6. The van der Waals surface area contributed by atoms with Gasteiger partial charge in [0.1, 0.15) is 5.82 Å². The molecule has 1 aromatic heterocycles. The van der Waals surface area contributed by atoms with E-state index in [0.29, 0.717) is 12.5 Å². The maximum absolute atomic E-state index is 10.6. The van der Waals surface area contributed by atoms with Crippen molar-refractivity contribution in [2.24, 2.45) is 0 Å². The zero-order valence-electron chi connectivity index (χ0n) is 10.7. The monoisotopic (exact) mass is 238 g/mol. The Kier molecular flexibility index (Phi) is 3.84. The highest BCUT2D eigenvalue weighted by atomic mass is 16.5. The molecule has 0 saturated heterocycles. The molecule has 4 nitrogen and oxygen atoms in total. The van der Waals surface area contributed by atoms with Gasteiger partial charge in [-0.1, -0.05) is 0 Å². The summed E-state index contributed by atoms with van der Waals surface area (Å²) in [6.07, 6.45) is 8.26. The first-order chi connectivity index (χ1) is 8.17. The number of hydrogen-bond acceptors (Lipinski definition) is 3. The Labute approximate surface area is 103 Å². The molecular weight excluding hydrogens is 216 g/mol. The van der Waals surface area contributed by atoms with Gasteiger partial charge in [0.15, 0.2) is 0 Å². The van der Waals surface area contributed by atoms with Crippen LogP contribution in [-0.4, -0.2) is 33.5 Å². The molecule has 2 rings (SSSR count). The van der Waals surface area contributed by atoms with Crippen LogP contribution in [0.25, 0.3) is 0 Å². The van der Waals surface area contributed by atoms with Gasteiger partial charge in [-0.25, -0.2) is 4.98 Å². The molecule has 4 heteroatoms. The summed E-state index contributed by atoms with van der Waals surface area (Å²) in [6, 6.07) is 0. The lowest BCUT2D eigenvalue weighted by Crippen LogP contribution is -2.39. The topological polar surface area (TPSA) is 47.3 Å². The Morgan fingerprint density at radius 3 is 2.82 bits per heavy atom. The van der Waals surface area contributed by atoms with Crippen LogP contribution in [0.4, 0.5) is 0 Å². The fourth-order valence-corrected chi connectivity index (χ4v) is 2.63. The van der Waals surface area contributed by atoms with Gasteiger partial charge in [-0.15, -0.1) is 0 Å². The number of aromatic nitrogens is 2. The van der Waals surface area contributed by atoms with Crippen LogP contribution in [0.1, 0.15) is 38.4 Å². The zero-order valence-corrected chi connectivity index (χ0v) is 10.7. The van der Waals surface area contributed by atoms with Crippen molar-refractivity contribution in [2.75, 3.05) is 7.11 Å². The van der Waals surface area contributed by atoms with E-state index in [2.05, 4.69) is 16.5 Å². The average Bonchev–Trinajstić information content (AvgIpc) is 2.77. The first kappa shape index (κ1) is 12.6. The third-order valence-corrected chi connectivity index (χ3v) is 3.83.